The summed E-state index contributed by atoms with van der Waals surface area (Å²) in [4.78, 5) is 12.7. The maximum absolute atomic E-state index is 12.0. The van der Waals surface area contributed by atoms with Gasteiger partial charge in [0.1, 0.15) is 5.92 Å². The third kappa shape index (κ3) is 2.66. The van der Waals surface area contributed by atoms with Crippen molar-refractivity contribution < 1.29 is 4.79 Å². The van der Waals surface area contributed by atoms with Gasteiger partial charge in [0, 0.05) is 0 Å². The van der Waals surface area contributed by atoms with Gasteiger partial charge in [-0.05, 0) is 29.9 Å². The fraction of sp³-hybridized carbons (Fsp3) is 0.500. The fourth-order valence-corrected chi connectivity index (χ4v) is 2.27. The van der Waals surface area contributed by atoms with Gasteiger partial charge < -0.3 is 0 Å². The number of Topliss-reactive ketones (excluding diaryl/α,β-unsaturated/α-hetero) is 1. The highest BCUT2D eigenvalue weighted by Crippen LogP contribution is 2.23. The fourth-order valence-electron chi connectivity index (χ4n) is 1.39. The number of rotatable bonds is 4. The van der Waals surface area contributed by atoms with Gasteiger partial charge in [-0.1, -0.05) is 20.3 Å². The highest BCUT2D eigenvalue weighted by Gasteiger charge is 2.25. The predicted molar refractivity (Wildman–Crippen MR) is 61.9 cm³/mol. The molecular weight excluding hydrogens is 206 g/mol. The van der Waals surface area contributed by atoms with E-state index < -0.39 is 5.92 Å². The summed E-state index contributed by atoms with van der Waals surface area (Å²) in [5.74, 6) is -0.386. The van der Waals surface area contributed by atoms with Crippen molar-refractivity contribution in [1.82, 2.24) is 0 Å². The molecule has 2 atom stereocenters. The van der Waals surface area contributed by atoms with E-state index in [9.17, 15) is 4.79 Å². The summed E-state index contributed by atoms with van der Waals surface area (Å²) < 4.78 is 0. The standard InChI is InChI=1S/C12H15NOS/c1-4-9(3)10(6-13)12(14)11-5-8(2)7-15-11/h5,7,9-10H,4H2,1-3H3. The van der Waals surface area contributed by atoms with Gasteiger partial charge in [-0.15, -0.1) is 11.3 Å². The maximum Gasteiger partial charge on any atom is 0.190 e. The number of nitrogens with zero attached hydrogens (tertiary/aromatic N) is 1. The second-order valence-corrected chi connectivity index (χ2v) is 4.76. The van der Waals surface area contributed by atoms with Crippen LogP contribution in [0, 0.1) is 30.1 Å². The third-order valence-corrected chi connectivity index (χ3v) is 3.67. The number of aryl methyl sites for hydroxylation is 1. The molecule has 2 unspecified atom stereocenters. The van der Waals surface area contributed by atoms with E-state index in [1.807, 2.05) is 32.2 Å². The molecule has 1 aromatic rings. The lowest BCUT2D eigenvalue weighted by Crippen LogP contribution is -2.19. The molecule has 0 N–H and O–H groups in total. The van der Waals surface area contributed by atoms with Gasteiger partial charge in [0.2, 0.25) is 0 Å². The van der Waals surface area contributed by atoms with E-state index in [1.165, 1.54) is 11.3 Å². The minimum absolute atomic E-state index is 0.0232. The zero-order chi connectivity index (χ0) is 11.4. The van der Waals surface area contributed by atoms with Crippen molar-refractivity contribution in [2.45, 2.75) is 27.2 Å². The second kappa shape index (κ2) is 5.09. The Morgan fingerprint density at radius 1 is 1.67 bits per heavy atom. The lowest BCUT2D eigenvalue weighted by atomic mass is 9.89. The molecule has 0 bridgehead atoms. The molecule has 0 saturated carbocycles. The van der Waals surface area contributed by atoms with Crippen LogP contribution in [0.5, 0.6) is 0 Å². The normalized spacial score (nSPS) is 14.3. The van der Waals surface area contributed by atoms with Crippen molar-refractivity contribution in [2.75, 3.05) is 0 Å². The monoisotopic (exact) mass is 221 g/mol. The van der Waals surface area contributed by atoms with Crippen LogP contribution < -0.4 is 0 Å². The van der Waals surface area contributed by atoms with Crippen LogP contribution >= 0.6 is 11.3 Å². The molecule has 0 aliphatic heterocycles. The summed E-state index contributed by atoms with van der Waals surface area (Å²) in [6, 6.07) is 3.98. The quantitative estimate of drug-likeness (QED) is 0.731. The Kier molecular flexibility index (Phi) is 4.05. The first kappa shape index (κ1) is 11.9. The number of thiophene rings is 1. The number of hydrogen-bond donors (Lipinski definition) is 0. The summed E-state index contributed by atoms with van der Waals surface area (Å²) in [5.41, 5.74) is 1.09. The largest absolute Gasteiger partial charge is 0.292 e. The molecule has 1 heterocycles. The molecule has 0 aliphatic rings. The van der Waals surface area contributed by atoms with E-state index in [-0.39, 0.29) is 11.7 Å². The molecule has 1 rings (SSSR count). The smallest absolute Gasteiger partial charge is 0.190 e. The van der Waals surface area contributed by atoms with Crippen molar-refractivity contribution in [2.24, 2.45) is 11.8 Å². The molecule has 0 spiro atoms. The first-order chi connectivity index (χ1) is 7.10. The van der Waals surface area contributed by atoms with Gasteiger partial charge in [0.25, 0.3) is 0 Å². The number of carbonyl (C=O) groups excluding carboxylic acids is 1. The molecule has 0 radical (unpaired) electrons. The molecule has 0 aliphatic carbocycles. The first-order valence-electron chi connectivity index (χ1n) is 5.09. The summed E-state index contributed by atoms with van der Waals surface area (Å²) in [6.45, 7) is 5.91. The average molecular weight is 221 g/mol. The van der Waals surface area contributed by atoms with Crippen LogP contribution in [0.15, 0.2) is 11.4 Å². The molecule has 0 aromatic carbocycles. The van der Waals surface area contributed by atoms with Crippen LogP contribution in [-0.2, 0) is 0 Å². The van der Waals surface area contributed by atoms with Gasteiger partial charge in [0.15, 0.2) is 5.78 Å². The Morgan fingerprint density at radius 3 is 2.73 bits per heavy atom. The van der Waals surface area contributed by atoms with Gasteiger partial charge in [-0.3, -0.25) is 4.79 Å². The highest BCUT2D eigenvalue weighted by atomic mass is 32.1. The van der Waals surface area contributed by atoms with Crippen LogP contribution in [0.4, 0.5) is 0 Å². The summed E-state index contributed by atoms with van der Waals surface area (Å²) in [5, 5.41) is 10.9. The van der Waals surface area contributed by atoms with E-state index in [1.54, 1.807) is 0 Å². The summed E-state index contributed by atoms with van der Waals surface area (Å²) in [7, 11) is 0. The van der Waals surface area contributed by atoms with E-state index >= 15 is 0 Å². The van der Waals surface area contributed by atoms with E-state index in [0.29, 0.717) is 4.88 Å². The second-order valence-electron chi connectivity index (χ2n) is 3.84. The van der Waals surface area contributed by atoms with Crippen molar-refractivity contribution in [1.29, 1.82) is 5.26 Å². The van der Waals surface area contributed by atoms with Gasteiger partial charge in [0.05, 0.1) is 10.9 Å². The lowest BCUT2D eigenvalue weighted by molar-refractivity contribution is 0.0922. The van der Waals surface area contributed by atoms with Gasteiger partial charge >= 0.3 is 0 Å². The van der Waals surface area contributed by atoms with Crippen molar-refractivity contribution in [3.05, 3.63) is 21.9 Å². The van der Waals surface area contributed by atoms with Crippen LogP contribution in [0.25, 0.3) is 0 Å². The molecule has 1 aromatic heterocycles. The van der Waals surface area contributed by atoms with Gasteiger partial charge in [-0.25, -0.2) is 0 Å². The summed E-state index contributed by atoms with van der Waals surface area (Å²) in [6.07, 6.45) is 0.855. The van der Waals surface area contributed by atoms with Crippen molar-refractivity contribution >= 4 is 17.1 Å². The van der Waals surface area contributed by atoms with Crippen LogP contribution in [0.3, 0.4) is 0 Å². The topological polar surface area (TPSA) is 40.9 Å². The number of nitriles is 1. The minimum atomic E-state index is -0.493. The van der Waals surface area contributed by atoms with Crippen molar-refractivity contribution in [3.63, 3.8) is 0 Å². The first-order valence-corrected chi connectivity index (χ1v) is 5.97. The Labute approximate surface area is 94.5 Å². The zero-order valence-electron chi connectivity index (χ0n) is 9.28. The zero-order valence-corrected chi connectivity index (χ0v) is 10.1. The van der Waals surface area contributed by atoms with Crippen molar-refractivity contribution in [3.8, 4) is 6.07 Å². The Morgan fingerprint density at radius 2 is 2.33 bits per heavy atom. The Balaban J connectivity index is 2.88. The summed E-state index contributed by atoms with van der Waals surface area (Å²) >= 11 is 1.43. The Hall–Kier alpha value is -1.14. The molecule has 80 valence electrons. The maximum atomic E-state index is 12.0. The molecule has 15 heavy (non-hydrogen) atoms. The predicted octanol–water partition coefficient (Wildman–Crippen LogP) is 3.43. The van der Waals surface area contributed by atoms with Crippen LogP contribution in [0.1, 0.15) is 35.5 Å². The molecule has 3 heteroatoms. The highest BCUT2D eigenvalue weighted by molar-refractivity contribution is 7.12. The number of hydrogen-bond acceptors (Lipinski definition) is 3. The Bertz CT molecular complexity index is 389. The third-order valence-electron chi connectivity index (χ3n) is 2.61. The molecule has 0 fully saturated rings. The van der Waals surface area contributed by atoms with Gasteiger partial charge in [-0.2, -0.15) is 5.26 Å². The minimum Gasteiger partial charge on any atom is -0.292 e. The van der Waals surface area contributed by atoms with Crippen LogP contribution in [0.2, 0.25) is 0 Å². The van der Waals surface area contributed by atoms with E-state index in [0.717, 1.165) is 12.0 Å². The lowest BCUT2D eigenvalue weighted by Gasteiger charge is -2.13. The van der Waals surface area contributed by atoms with E-state index in [4.69, 9.17) is 5.26 Å². The SMILES string of the molecule is CCC(C)C(C#N)C(=O)c1cc(C)cs1. The molecule has 2 nitrogen and oxygen atoms in total. The number of ketones is 1. The molecular formula is C12H15NOS. The molecule has 0 saturated heterocycles. The van der Waals surface area contributed by atoms with E-state index in [2.05, 4.69) is 6.07 Å². The van der Waals surface area contributed by atoms with Crippen LogP contribution in [-0.4, -0.2) is 5.78 Å². The molecule has 0 amide bonds. The average Bonchev–Trinajstić information content (AvgIpc) is 2.65. The number of carbonyl (C=O) groups is 1.